The summed E-state index contributed by atoms with van der Waals surface area (Å²) < 4.78 is 0. The minimum atomic E-state index is 0.583. The number of rotatable bonds is 1. The van der Waals surface area contributed by atoms with Crippen molar-refractivity contribution in [2.45, 2.75) is 18.8 Å². The van der Waals surface area contributed by atoms with E-state index in [4.69, 9.17) is 11.0 Å². The molecule has 1 saturated carbocycles. The molecular formula is C10H10N2. The van der Waals surface area contributed by atoms with Crippen LogP contribution in [0.3, 0.4) is 0 Å². The van der Waals surface area contributed by atoms with E-state index < -0.39 is 0 Å². The molecule has 0 atom stereocenters. The largest absolute Gasteiger partial charge is 0.398 e. The molecule has 0 unspecified atom stereocenters. The van der Waals surface area contributed by atoms with Crippen LogP contribution >= 0.6 is 0 Å². The number of nitrogens with zero attached hydrogens (tertiary/aromatic N) is 1. The molecule has 1 fully saturated rings. The lowest BCUT2D eigenvalue weighted by Gasteiger charge is -2.00. The summed E-state index contributed by atoms with van der Waals surface area (Å²) in [6.07, 6.45) is 2.54. The van der Waals surface area contributed by atoms with Crippen molar-refractivity contribution in [1.82, 2.24) is 0 Å². The topological polar surface area (TPSA) is 49.8 Å². The normalized spacial score (nSPS) is 15.6. The number of hydrogen-bond donors (Lipinski definition) is 1. The van der Waals surface area contributed by atoms with Gasteiger partial charge in [-0.1, -0.05) is 6.07 Å². The summed E-state index contributed by atoms with van der Waals surface area (Å²) in [6.45, 7) is 0. The second kappa shape index (κ2) is 2.53. The number of nitriles is 1. The molecule has 1 aromatic rings. The van der Waals surface area contributed by atoms with E-state index in [1.165, 1.54) is 18.4 Å². The molecule has 60 valence electrons. The van der Waals surface area contributed by atoms with Crippen LogP contribution in [-0.2, 0) is 0 Å². The molecule has 12 heavy (non-hydrogen) atoms. The van der Waals surface area contributed by atoms with Crippen molar-refractivity contribution in [1.29, 1.82) is 5.26 Å². The molecule has 0 heterocycles. The first-order valence-electron chi connectivity index (χ1n) is 4.11. The van der Waals surface area contributed by atoms with Gasteiger partial charge in [0.1, 0.15) is 6.07 Å². The van der Waals surface area contributed by atoms with Gasteiger partial charge in [0.2, 0.25) is 0 Å². The average molecular weight is 158 g/mol. The molecule has 0 aromatic heterocycles. The lowest BCUT2D eigenvalue weighted by Crippen LogP contribution is -1.91. The van der Waals surface area contributed by atoms with Crippen molar-refractivity contribution < 1.29 is 0 Å². The highest BCUT2D eigenvalue weighted by atomic mass is 14.6. The van der Waals surface area contributed by atoms with E-state index in [2.05, 4.69) is 6.07 Å². The summed E-state index contributed by atoms with van der Waals surface area (Å²) in [6, 6.07) is 7.80. The van der Waals surface area contributed by atoms with Crippen LogP contribution in [0.2, 0.25) is 0 Å². The summed E-state index contributed by atoms with van der Waals surface area (Å²) in [7, 11) is 0. The Morgan fingerprint density at radius 2 is 2.17 bits per heavy atom. The van der Waals surface area contributed by atoms with Gasteiger partial charge in [-0.05, 0) is 36.5 Å². The third kappa shape index (κ3) is 1.14. The third-order valence-electron chi connectivity index (χ3n) is 2.24. The molecular weight excluding hydrogens is 148 g/mol. The summed E-state index contributed by atoms with van der Waals surface area (Å²) in [5.74, 6) is 0.708. The fourth-order valence-electron chi connectivity index (χ4n) is 1.35. The van der Waals surface area contributed by atoms with Crippen LogP contribution in [0.4, 0.5) is 5.69 Å². The zero-order valence-corrected chi connectivity index (χ0v) is 6.75. The van der Waals surface area contributed by atoms with Gasteiger partial charge in [0.15, 0.2) is 0 Å². The minimum absolute atomic E-state index is 0.583. The van der Waals surface area contributed by atoms with Gasteiger partial charge >= 0.3 is 0 Å². The van der Waals surface area contributed by atoms with Crippen molar-refractivity contribution in [2.24, 2.45) is 0 Å². The fourth-order valence-corrected chi connectivity index (χ4v) is 1.35. The molecule has 1 aromatic carbocycles. The predicted molar refractivity (Wildman–Crippen MR) is 47.5 cm³/mol. The van der Waals surface area contributed by atoms with Crippen LogP contribution in [0.5, 0.6) is 0 Å². The van der Waals surface area contributed by atoms with Crippen LogP contribution < -0.4 is 5.73 Å². The highest BCUT2D eigenvalue weighted by Gasteiger charge is 2.23. The van der Waals surface area contributed by atoms with Crippen LogP contribution in [0, 0.1) is 11.3 Å². The first-order valence-corrected chi connectivity index (χ1v) is 4.11. The van der Waals surface area contributed by atoms with Gasteiger partial charge < -0.3 is 5.73 Å². The summed E-state index contributed by atoms with van der Waals surface area (Å²) in [5, 5.41) is 8.63. The molecule has 2 rings (SSSR count). The molecule has 2 heteroatoms. The van der Waals surface area contributed by atoms with Gasteiger partial charge in [0.25, 0.3) is 0 Å². The Hall–Kier alpha value is -1.49. The van der Waals surface area contributed by atoms with E-state index in [0.29, 0.717) is 17.2 Å². The van der Waals surface area contributed by atoms with Crippen LogP contribution in [0.15, 0.2) is 18.2 Å². The van der Waals surface area contributed by atoms with E-state index in [-0.39, 0.29) is 0 Å². The standard InChI is InChI=1S/C10H10N2/c11-6-9-4-3-8(5-10(9)12)7-1-2-7/h3-5,7H,1-2,12H2. The van der Waals surface area contributed by atoms with E-state index in [1.54, 1.807) is 0 Å². The maximum atomic E-state index is 8.63. The first-order chi connectivity index (χ1) is 5.81. The van der Waals surface area contributed by atoms with Gasteiger partial charge in [-0.3, -0.25) is 0 Å². The Kier molecular flexibility index (Phi) is 1.51. The Labute approximate surface area is 71.6 Å². The van der Waals surface area contributed by atoms with Crippen molar-refractivity contribution in [3.05, 3.63) is 29.3 Å². The maximum absolute atomic E-state index is 8.63. The Balaban J connectivity index is 2.38. The van der Waals surface area contributed by atoms with Gasteiger partial charge in [-0.25, -0.2) is 0 Å². The molecule has 0 saturated heterocycles. The smallest absolute Gasteiger partial charge is 0.101 e. The van der Waals surface area contributed by atoms with Crippen molar-refractivity contribution in [3.8, 4) is 6.07 Å². The second-order valence-electron chi connectivity index (χ2n) is 3.23. The second-order valence-corrected chi connectivity index (χ2v) is 3.23. The monoisotopic (exact) mass is 158 g/mol. The number of benzene rings is 1. The van der Waals surface area contributed by atoms with E-state index in [9.17, 15) is 0 Å². The van der Waals surface area contributed by atoms with Crippen LogP contribution in [0.1, 0.15) is 29.9 Å². The maximum Gasteiger partial charge on any atom is 0.101 e. The third-order valence-corrected chi connectivity index (χ3v) is 2.24. The lowest BCUT2D eigenvalue weighted by atomic mass is 10.1. The van der Waals surface area contributed by atoms with Crippen molar-refractivity contribution >= 4 is 5.69 Å². The van der Waals surface area contributed by atoms with Crippen LogP contribution in [-0.4, -0.2) is 0 Å². The van der Waals surface area contributed by atoms with Crippen LogP contribution in [0.25, 0.3) is 0 Å². The summed E-state index contributed by atoms with van der Waals surface area (Å²) >= 11 is 0. The molecule has 0 bridgehead atoms. The SMILES string of the molecule is N#Cc1ccc(C2CC2)cc1N. The van der Waals surface area contributed by atoms with Gasteiger partial charge in [-0.15, -0.1) is 0 Å². The first kappa shape index (κ1) is 7.17. The predicted octanol–water partition coefficient (Wildman–Crippen LogP) is 2.02. The molecule has 1 aliphatic carbocycles. The molecule has 2 N–H and O–H groups in total. The van der Waals surface area contributed by atoms with Gasteiger partial charge in [0.05, 0.1) is 5.56 Å². The summed E-state index contributed by atoms with van der Waals surface area (Å²) in [4.78, 5) is 0. The number of anilines is 1. The molecule has 0 radical (unpaired) electrons. The van der Waals surface area contributed by atoms with Crippen molar-refractivity contribution in [3.63, 3.8) is 0 Å². The Bertz CT molecular complexity index is 345. The fraction of sp³-hybridized carbons (Fsp3) is 0.300. The Morgan fingerprint density at radius 1 is 1.42 bits per heavy atom. The summed E-state index contributed by atoms with van der Waals surface area (Å²) in [5.41, 5.74) is 8.15. The molecule has 1 aliphatic rings. The number of nitrogens with two attached hydrogens (primary N) is 1. The van der Waals surface area contributed by atoms with E-state index in [1.807, 2.05) is 18.2 Å². The minimum Gasteiger partial charge on any atom is -0.398 e. The molecule has 2 nitrogen and oxygen atoms in total. The quantitative estimate of drug-likeness (QED) is 0.635. The van der Waals surface area contributed by atoms with E-state index in [0.717, 1.165) is 0 Å². The molecule has 0 spiro atoms. The Morgan fingerprint density at radius 3 is 2.67 bits per heavy atom. The zero-order chi connectivity index (χ0) is 8.55. The van der Waals surface area contributed by atoms with Gasteiger partial charge in [-0.2, -0.15) is 5.26 Å². The van der Waals surface area contributed by atoms with Gasteiger partial charge in [0, 0.05) is 5.69 Å². The average Bonchev–Trinajstić information content (AvgIpc) is 2.86. The molecule has 0 amide bonds. The number of hydrogen-bond acceptors (Lipinski definition) is 2. The zero-order valence-electron chi connectivity index (χ0n) is 6.75. The van der Waals surface area contributed by atoms with Crippen molar-refractivity contribution in [2.75, 3.05) is 5.73 Å². The van der Waals surface area contributed by atoms with E-state index >= 15 is 0 Å². The molecule has 0 aliphatic heterocycles. The highest BCUT2D eigenvalue weighted by Crippen LogP contribution is 2.40. The highest BCUT2D eigenvalue weighted by molar-refractivity contribution is 5.56. The number of nitrogen functional groups attached to an aromatic ring is 1. The lowest BCUT2D eigenvalue weighted by molar-refractivity contribution is 1.13.